The molecule has 18 heavy (non-hydrogen) atoms. The van der Waals surface area contributed by atoms with Gasteiger partial charge in [0.25, 0.3) is 0 Å². The summed E-state index contributed by atoms with van der Waals surface area (Å²) in [5, 5.41) is 10.2. The molecule has 1 N–H and O–H groups in total. The number of aromatic nitrogens is 2. The zero-order valence-corrected chi connectivity index (χ0v) is 11.3. The summed E-state index contributed by atoms with van der Waals surface area (Å²) in [6.07, 6.45) is 2.41. The molecule has 4 nitrogen and oxygen atoms in total. The van der Waals surface area contributed by atoms with E-state index in [-0.39, 0.29) is 0 Å². The molecular weight excluding hydrogens is 248 g/mol. The summed E-state index contributed by atoms with van der Waals surface area (Å²) >= 11 is 1.65. The Labute approximate surface area is 110 Å². The minimum Gasteiger partial charge on any atom is -0.481 e. The number of aryl methyl sites for hydroxylation is 1. The predicted octanol–water partition coefficient (Wildman–Crippen LogP) is 2.39. The molecular formula is C13H16N2O2S. The van der Waals surface area contributed by atoms with Crippen molar-refractivity contribution in [2.75, 3.05) is 7.11 Å². The van der Waals surface area contributed by atoms with Crippen LogP contribution in [0.1, 0.15) is 28.5 Å². The second kappa shape index (κ2) is 5.93. The fraction of sp³-hybridized carbons (Fsp3) is 0.385. The van der Waals surface area contributed by atoms with E-state index in [1.54, 1.807) is 24.5 Å². The van der Waals surface area contributed by atoms with Gasteiger partial charge in [-0.05, 0) is 18.6 Å². The summed E-state index contributed by atoms with van der Waals surface area (Å²) in [6.45, 7) is 2.11. The third-order valence-electron chi connectivity index (χ3n) is 2.67. The molecule has 5 heteroatoms. The molecule has 0 spiro atoms. The molecule has 1 unspecified atom stereocenters. The van der Waals surface area contributed by atoms with Gasteiger partial charge in [-0.3, -0.25) is 0 Å². The first-order valence-corrected chi connectivity index (χ1v) is 6.66. The molecule has 0 amide bonds. The van der Waals surface area contributed by atoms with Crippen molar-refractivity contribution in [2.24, 2.45) is 0 Å². The van der Waals surface area contributed by atoms with Gasteiger partial charge in [-0.2, -0.15) is 0 Å². The molecule has 0 bridgehead atoms. The van der Waals surface area contributed by atoms with Gasteiger partial charge in [0, 0.05) is 22.2 Å². The van der Waals surface area contributed by atoms with E-state index in [1.165, 1.54) is 11.2 Å². The number of rotatable bonds is 5. The van der Waals surface area contributed by atoms with E-state index in [9.17, 15) is 5.11 Å². The number of thiophene rings is 1. The van der Waals surface area contributed by atoms with Crippen LogP contribution in [0.4, 0.5) is 0 Å². The van der Waals surface area contributed by atoms with Crippen molar-refractivity contribution in [3.05, 3.63) is 40.0 Å². The smallest absolute Gasteiger partial charge is 0.216 e. The topological polar surface area (TPSA) is 55.2 Å². The number of ether oxygens (including phenoxy) is 1. The maximum absolute atomic E-state index is 10.2. The van der Waals surface area contributed by atoms with Gasteiger partial charge in [-0.15, -0.1) is 11.3 Å². The van der Waals surface area contributed by atoms with Crippen LogP contribution in [0.3, 0.4) is 0 Å². The van der Waals surface area contributed by atoms with Gasteiger partial charge >= 0.3 is 0 Å². The van der Waals surface area contributed by atoms with Crippen molar-refractivity contribution < 1.29 is 9.84 Å². The number of hydrogen-bond donors (Lipinski definition) is 1. The van der Waals surface area contributed by atoms with E-state index in [0.29, 0.717) is 12.3 Å². The molecule has 0 aliphatic heterocycles. The maximum atomic E-state index is 10.2. The van der Waals surface area contributed by atoms with E-state index in [4.69, 9.17) is 4.74 Å². The summed E-state index contributed by atoms with van der Waals surface area (Å²) in [7, 11) is 1.56. The lowest BCUT2D eigenvalue weighted by molar-refractivity contribution is 0.181. The number of methoxy groups -OCH3 is 1. The quantitative estimate of drug-likeness (QED) is 0.901. The van der Waals surface area contributed by atoms with Crippen LogP contribution in [-0.2, 0) is 12.8 Å². The Balaban J connectivity index is 2.08. The summed E-state index contributed by atoms with van der Waals surface area (Å²) in [4.78, 5) is 10.3. The summed E-state index contributed by atoms with van der Waals surface area (Å²) < 4.78 is 5.03. The van der Waals surface area contributed by atoms with Crippen molar-refractivity contribution in [1.29, 1.82) is 0 Å². The molecule has 0 fully saturated rings. The van der Waals surface area contributed by atoms with Crippen LogP contribution in [0.5, 0.6) is 5.88 Å². The first kappa shape index (κ1) is 13.0. The number of hydrogen-bond acceptors (Lipinski definition) is 5. The highest BCUT2D eigenvalue weighted by Crippen LogP contribution is 2.26. The molecule has 0 radical (unpaired) electrons. The Hall–Kier alpha value is -1.46. The minimum atomic E-state index is -0.519. The highest BCUT2D eigenvalue weighted by atomic mass is 32.1. The van der Waals surface area contributed by atoms with Crippen LogP contribution in [0.15, 0.2) is 24.5 Å². The zero-order chi connectivity index (χ0) is 13.0. The van der Waals surface area contributed by atoms with Gasteiger partial charge < -0.3 is 9.84 Å². The molecule has 0 aromatic carbocycles. The van der Waals surface area contributed by atoms with Gasteiger partial charge in [-0.1, -0.05) is 6.92 Å². The van der Waals surface area contributed by atoms with Crippen LogP contribution in [0.25, 0.3) is 0 Å². The molecule has 0 aliphatic rings. The van der Waals surface area contributed by atoms with Crippen molar-refractivity contribution >= 4 is 11.3 Å². The largest absolute Gasteiger partial charge is 0.481 e. The van der Waals surface area contributed by atoms with E-state index in [1.807, 2.05) is 6.07 Å². The molecule has 1 atom stereocenters. The van der Waals surface area contributed by atoms with Crippen molar-refractivity contribution in [1.82, 2.24) is 9.97 Å². The number of aliphatic hydroxyl groups excluding tert-OH is 1. The van der Waals surface area contributed by atoms with Crippen molar-refractivity contribution in [3.8, 4) is 5.88 Å². The monoisotopic (exact) mass is 264 g/mol. The Morgan fingerprint density at radius 3 is 2.89 bits per heavy atom. The molecule has 2 heterocycles. The van der Waals surface area contributed by atoms with Crippen molar-refractivity contribution in [3.63, 3.8) is 0 Å². The highest BCUT2D eigenvalue weighted by Gasteiger charge is 2.12. The SMILES string of the molecule is CCc1ccc(C(O)Cc2cc(OC)ncn2)s1. The third kappa shape index (κ3) is 3.05. The fourth-order valence-electron chi connectivity index (χ4n) is 1.66. The lowest BCUT2D eigenvalue weighted by Crippen LogP contribution is -2.02. The van der Waals surface area contributed by atoms with Gasteiger partial charge in [0.15, 0.2) is 0 Å². The third-order valence-corrected chi connectivity index (χ3v) is 4.00. The lowest BCUT2D eigenvalue weighted by atomic mass is 10.1. The molecule has 2 aromatic rings. The Kier molecular flexibility index (Phi) is 4.28. The second-order valence-corrected chi connectivity index (χ2v) is 5.13. The average molecular weight is 264 g/mol. The summed E-state index contributed by atoms with van der Waals surface area (Å²) in [5.74, 6) is 0.521. The summed E-state index contributed by atoms with van der Waals surface area (Å²) in [5.41, 5.74) is 0.779. The van der Waals surface area contributed by atoms with E-state index in [0.717, 1.165) is 17.0 Å². The lowest BCUT2D eigenvalue weighted by Gasteiger charge is -2.08. The molecule has 96 valence electrons. The first-order chi connectivity index (χ1) is 8.72. The normalized spacial score (nSPS) is 12.4. The standard InChI is InChI=1S/C13H16N2O2S/c1-3-10-4-5-12(18-10)11(16)6-9-7-13(17-2)15-8-14-9/h4-5,7-8,11,16H,3,6H2,1-2H3. The second-order valence-electron chi connectivity index (χ2n) is 3.93. The van der Waals surface area contributed by atoms with Crippen LogP contribution in [0.2, 0.25) is 0 Å². The van der Waals surface area contributed by atoms with E-state index < -0.39 is 6.10 Å². The predicted molar refractivity (Wildman–Crippen MR) is 70.9 cm³/mol. The van der Waals surface area contributed by atoms with Crippen LogP contribution >= 0.6 is 11.3 Å². The minimum absolute atomic E-state index is 0.475. The fourth-order valence-corrected chi connectivity index (χ4v) is 2.60. The molecule has 0 saturated carbocycles. The first-order valence-electron chi connectivity index (χ1n) is 5.84. The van der Waals surface area contributed by atoms with E-state index in [2.05, 4.69) is 23.0 Å². The summed E-state index contributed by atoms with van der Waals surface area (Å²) in [6, 6.07) is 5.79. The maximum Gasteiger partial charge on any atom is 0.216 e. The van der Waals surface area contributed by atoms with Gasteiger partial charge in [0.2, 0.25) is 5.88 Å². The number of nitrogens with zero attached hydrogens (tertiary/aromatic N) is 2. The van der Waals surface area contributed by atoms with Crippen molar-refractivity contribution in [2.45, 2.75) is 25.9 Å². The van der Waals surface area contributed by atoms with Crippen LogP contribution in [-0.4, -0.2) is 22.2 Å². The molecule has 0 saturated heterocycles. The molecule has 2 rings (SSSR count). The van der Waals surface area contributed by atoms with Gasteiger partial charge in [0.05, 0.1) is 18.9 Å². The van der Waals surface area contributed by atoms with Crippen LogP contribution < -0.4 is 4.74 Å². The van der Waals surface area contributed by atoms with Gasteiger partial charge in [0.1, 0.15) is 6.33 Å². The van der Waals surface area contributed by atoms with E-state index >= 15 is 0 Å². The van der Waals surface area contributed by atoms with Gasteiger partial charge in [-0.25, -0.2) is 9.97 Å². The Bertz CT molecular complexity index is 513. The average Bonchev–Trinajstić information content (AvgIpc) is 2.88. The molecule has 2 aromatic heterocycles. The Morgan fingerprint density at radius 2 is 2.22 bits per heavy atom. The highest BCUT2D eigenvalue weighted by molar-refractivity contribution is 7.12. The molecule has 0 aliphatic carbocycles. The number of aliphatic hydroxyl groups is 1. The Morgan fingerprint density at radius 1 is 1.39 bits per heavy atom. The van der Waals surface area contributed by atoms with Crippen LogP contribution in [0, 0.1) is 0 Å². The zero-order valence-electron chi connectivity index (χ0n) is 10.5.